The summed E-state index contributed by atoms with van der Waals surface area (Å²) < 4.78 is 10.8. The highest BCUT2D eigenvalue weighted by Gasteiger charge is 2.34. The van der Waals surface area contributed by atoms with Crippen LogP contribution in [0, 0.1) is 16.7 Å². The van der Waals surface area contributed by atoms with E-state index in [9.17, 15) is 9.00 Å². The third kappa shape index (κ3) is 4.31. The van der Waals surface area contributed by atoms with E-state index in [1.807, 2.05) is 13.8 Å². The number of rotatable bonds is 7. The van der Waals surface area contributed by atoms with Crippen molar-refractivity contribution in [3.8, 4) is 6.07 Å². The van der Waals surface area contributed by atoms with Gasteiger partial charge in [0.05, 0.1) is 6.07 Å². The molecule has 92 valence electrons. The molecule has 0 spiro atoms. The molecular formula is C11H20N2O2S. The molecule has 0 rings (SSSR count). The Labute approximate surface area is 99.9 Å². The second-order valence-corrected chi connectivity index (χ2v) is 5.34. The van der Waals surface area contributed by atoms with Crippen molar-refractivity contribution >= 4 is 16.7 Å². The van der Waals surface area contributed by atoms with E-state index in [-0.39, 0.29) is 5.91 Å². The second kappa shape index (κ2) is 7.39. The third-order valence-electron chi connectivity index (χ3n) is 2.75. The lowest BCUT2D eigenvalue weighted by Gasteiger charge is -2.21. The zero-order valence-electron chi connectivity index (χ0n) is 10.2. The predicted molar refractivity (Wildman–Crippen MR) is 65.2 cm³/mol. The first-order valence-corrected chi connectivity index (χ1v) is 7.24. The molecule has 0 bridgehead atoms. The predicted octanol–water partition coefficient (Wildman–Crippen LogP) is 1.20. The zero-order valence-corrected chi connectivity index (χ0v) is 11.0. The first kappa shape index (κ1) is 15.1. The van der Waals surface area contributed by atoms with Gasteiger partial charge in [-0.15, -0.1) is 0 Å². The molecule has 1 unspecified atom stereocenters. The van der Waals surface area contributed by atoms with Gasteiger partial charge in [-0.1, -0.05) is 13.8 Å². The molecule has 0 aliphatic rings. The van der Waals surface area contributed by atoms with Gasteiger partial charge in [0.25, 0.3) is 0 Å². The highest BCUT2D eigenvalue weighted by molar-refractivity contribution is 7.84. The summed E-state index contributed by atoms with van der Waals surface area (Å²) in [6.07, 6.45) is 3.36. The number of carbonyl (C=O) groups is 1. The lowest BCUT2D eigenvalue weighted by atomic mass is 9.83. The third-order valence-corrected chi connectivity index (χ3v) is 3.61. The number of carbonyl (C=O) groups excluding carboxylic acids is 1. The highest BCUT2D eigenvalue weighted by atomic mass is 32.2. The lowest BCUT2D eigenvalue weighted by molar-refractivity contribution is -0.128. The average Bonchev–Trinajstić information content (AvgIpc) is 2.27. The van der Waals surface area contributed by atoms with Crippen LogP contribution in [0.15, 0.2) is 0 Å². The maximum atomic E-state index is 11.8. The summed E-state index contributed by atoms with van der Waals surface area (Å²) in [4.78, 5) is 11.8. The fourth-order valence-electron chi connectivity index (χ4n) is 1.43. The molecule has 0 aromatic rings. The van der Waals surface area contributed by atoms with Gasteiger partial charge < -0.3 is 5.32 Å². The summed E-state index contributed by atoms with van der Waals surface area (Å²) >= 11 is 0. The Morgan fingerprint density at radius 3 is 2.38 bits per heavy atom. The molecule has 1 N–H and O–H groups in total. The largest absolute Gasteiger partial charge is 0.355 e. The van der Waals surface area contributed by atoms with Crippen molar-refractivity contribution < 1.29 is 9.00 Å². The first-order valence-electron chi connectivity index (χ1n) is 5.52. The van der Waals surface area contributed by atoms with Crippen molar-refractivity contribution in [1.29, 1.82) is 5.26 Å². The van der Waals surface area contributed by atoms with E-state index >= 15 is 0 Å². The maximum Gasteiger partial charge on any atom is 0.240 e. The van der Waals surface area contributed by atoms with Crippen LogP contribution in [0.2, 0.25) is 0 Å². The van der Waals surface area contributed by atoms with Crippen molar-refractivity contribution in [3.63, 3.8) is 0 Å². The smallest absolute Gasteiger partial charge is 0.240 e. The van der Waals surface area contributed by atoms with E-state index in [4.69, 9.17) is 5.26 Å². The van der Waals surface area contributed by atoms with Crippen LogP contribution in [-0.4, -0.2) is 28.7 Å². The second-order valence-electron chi connectivity index (χ2n) is 3.79. The molecule has 5 heteroatoms. The molecule has 1 atom stereocenters. The lowest BCUT2D eigenvalue weighted by Crippen LogP contribution is -2.40. The number of amides is 1. The van der Waals surface area contributed by atoms with E-state index in [1.54, 1.807) is 6.26 Å². The molecule has 0 radical (unpaired) electrons. The molecule has 16 heavy (non-hydrogen) atoms. The first-order chi connectivity index (χ1) is 7.52. The molecule has 1 amide bonds. The molecular weight excluding hydrogens is 224 g/mol. The van der Waals surface area contributed by atoms with Gasteiger partial charge in [-0.2, -0.15) is 5.26 Å². The number of nitrogens with zero attached hydrogens (tertiary/aromatic N) is 1. The van der Waals surface area contributed by atoms with Crippen molar-refractivity contribution in [2.75, 3.05) is 18.6 Å². The minimum Gasteiger partial charge on any atom is -0.355 e. The van der Waals surface area contributed by atoms with Gasteiger partial charge in [-0.05, 0) is 19.3 Å². The molecule has 0 saturated heterocycles. The standard InChI is InChI=1S/C11H20N2O2S/c1-4-11(5-2,9-12)10(14)13-7-6-8-16(3)15/h4-8H2,1-3H3,(H,13,14). The van der Waals surface area contributed by atoms with Crippen LogP contribution in [0.4, 0.5) is 0 Å². The van der Waals surface area contributed by atoms with E-state index in [2.05, 4.69) is 11.4 Å². The van der Waals surface area contributed by atoms with Gasteiger partial charge in [-0.3, -0.25) is 9.00 Å². The van der Waals surface area contributed by atoms with Gasteiger partial charge in [0.1, 0.15) is 5.41 Å². The minimum atomic E-state index is -0.897. The van der Waals surface area contributed by atoms with Gasteiger partial charge in [0.15, 0.2) is 0 Å². The quantitative estimate of drug-likeness (QED) is 0.684. The topological polar surface area (TPSA) is 70.0 Å². The Hall–Kier alpha value is -0.890. The Balaban J connectivity index is 4.14. The SMILES string of the molecule is CCC(C#N)(CC)C(=O)NCCCS(C)=O. The van der Waals surface area contributed by atoms with Crippen LogP contribution in [0.5, 0.6) is 0 Å². The molecule has 0 heterocycles. The molecule has 4 nitrogen and oxygen atoms in total. The van der Waals surface area contributed by atoms with Gasteiger partial charge in [-0.25, -0.2) is 0 Å². The van der Waals surface area contributed by atoms with Crippen molar-refractivity contribution in [2.24, 2.45) is 5.41 Å². The minimum absolute atomic E-state index is 0.207. The number of nitrogens with one attached hydrogen (secondary N) is 1. The number of hydrogen-bond acceptors (Lipinski definition) is 3. The molecule has 0 aliphatic heterocycles. The van der Waals surface area contributed by atoms with Crippen LogP contribution in [0.3, 0.4) is 0 Å². The Kier molecular flexibility index (Phi) is 6.98. The number of hydrogen-bond donors (Lipinski definition) is 1. The van der Waals surface area contributed by atoms with E-state index in [0.717, 1.165) is 0 Å². The number of nitriles is 1. The summed E-state index contributed by atoms with van der Waals surface area (Å²) in [5.41, 5.74) is -0.897. The summed E-state index contributed by atoms with van der Waals surface area (Å²) in [5, 5.41) is 11.8. The van der Waals surface area contributed by atoms with Crippen molar-refractivity contribution in [3.05, 3.63) is 0 Å². The van der Waals surface area contributed by atoms with Crippen LogP contribution < -0.4 is 5.32 Å². The Morgan fingerprint density at radius 2 is 2.00 bits per heavy atom. The summed E-state index contributed by atoms with van der Waals surface area (Å²) in [6, 6.07) is 2.09. The van der Waals surface area contributed by atoms with E-state index in [1.165, 1.54) is 0 Å². The van der Waals surface area contributed by atoms with E-state index < -0.39 is 16.2 Å². The molecule has 0 aliphatic carbocycles. The fraction of sp³-hybridized carbons (Fsp3) is 0.818. The Bertz CT molecular complexity index is 293. The Morgan fingerprint density at radius 1 is 1.44 bits per heavy atom. The molecule has 0 saturated carbocycles. The van der Waals surface area contributed by atoms with Gasteiger partial charge in [0.2, 0.25) is 5.91 Å². The van der Waals surface area contributed by atoms with Gasteiger partial charge in [0, 0.05) is 29.4 Å². The van der Waals surface area contributed by atoms with Crippen LogP contribution in [-0.2, 0) is 15.6 Å². The van der Waals surface area contributed by atoms with Gasteiger partial charge >= 0.3 is 0 Å². The van der Waals surface area contributed by atoms with Crippen molar-refractivity contribution in [2.45, 2.75) is 33.1 Å². The normalized spacial score (nSPS) is 12.9. The highest BCUT2D eigenvalue weighted by Crippen LogP contribution is 2.25. The van der Waals surface area contributed by atoms with E-state index in [0.29, 0.717) is 31.6 Å². The molecule has 0 fully saturated rings. The van der Waals surface area contributed by atoms with Crippen LogP contribution >= 0.6 is 0 Å². The van der Waals surface area contributed by atoms with Crippen molar-refractivity contribution in [1.82, 2.24) is 5.32 Å². The van der Waals surface area contributed by atoms with Crippen LogP contribution in [0.25, 0.3) is 0 Å². The van der Waals surface area contributed by atoms with Crippen LogP contribution in [0.1, 0.15) is 33.1 Å². The maximum absolute atomic E-state index is 11.8. The molecule has 0 aromatic heterocycles. The summed E-state index contributed by atoms with van der Waals surface area (Å²) in [6.45, 7) is 4.17. The average molecular weight is 244 g/mol. The summed E-state index contributed by atoms with van der Waals surface area (Å²) in [7, 11) is -0.823. The fourth-order valence-corrected chi connectivity index (χ4v) is 1.98. The zero-order chi connectivity index (χ0) is 12.6. The summed E-state index contributed by atoms with van der Waals surface area (Å²) in [5.74, 6) is 0.375. The molecule has 0 aromatic carbocycles. The monoisotopic (exact) mass is 244 g/mol.